The van der Waals surface area contributed by atoms with Crippen LogP contribution in [0.3, 0.4) is 0 Å². The van der Waals surface area contributed by atoms with Gasteiger partial charge in [0.25, 0.3) is 0 Å². The molecule has 0 bridgehead atoms. The Hall–Kier alpha value is -1.32. The highest BCUT2D eigenvalue weighted by Crippen LogP contribution is 2.33. The van der Waals surface area contributed by atoms with Gasteiger partial charge in [0.2, 0.25) is 0 Å². The van der Waals surface area contributed by atoms with Crippen LogP contribution in [0.1, 0.15) is 50.0 Å². The van der Waals surface area contributed by atoms with Crippen molar-refractivity contribution in [3.63, 3.8) is 0 Å². The summed E-state index contributed by atoms with van der Waals surface area (Å²) in [5, 5.41) is 4.53. The Kier molecular flexibility index (Phi) is 5.21. The van der Waals surface area contributed by atoms with E-state index in [0.29, 0.717) is 12.5 Å². The zero-order valence-electron chi connectivity index (χ0n) is 13.0. The molecule has 1 N–H and O–H groups in total. The lowest BCUT2D eigenvalue weighted by Gasteiger charge is -2.09. The SMILES string of the molecule is CCNCc1oc2c(C(C)CC)cccc2c1COC. The zero-order valence-corrected chi connectivity index (χ0v) is 13.0. The molecule has 0 amide bonds. The molecule has 1 aromatic carbocycles. The number of fused-ring (bicyclic) bond motifs is 1. The summed E-state index contributed by atoms with van der Waals surface area (Å²) in [5.74, 6) is 1.51. The van der Waals surface area contributed by atoms with E-state index in [1.165, 1.54) is 16.5 Å². The summed E-state index contributed by atoms with van der Waals surface area (Å²) in [5.41, 5.74) is 3.50. The van der Waals surface area contributed by atoms with Crippen LogP contribution in [0.2, 0.25) is 0 Å². The van der Waals surface area contributed by atoms with Crippen molar-refractivity contribution >= 4 is 11.0 Å². The molecule has 0 aliphatic carbocycles. The monoisotopic (exact) mass is 275 g/mol. The second-order valence-corrected chi connectivity index (χ2v) is 5.25. The van der Waals surface area contributed by atoms with Crippen molar-refractivity contribution in [2.45, 2.75) is 46.3 Å². The maximum Gasteiger partial charge on any atom is 0.138 e. The van der Waals surface area contributed by atoms with Crippen LogP contribution in [0.5, 0.6) is 0 Å². The van der Waals surface area contributed by atoms with E-state index in [1.54, 1.807) is 7.11 Å². The maximum atomic E-state index is 6.17. The molecule has 1 aromatic heterocycles. The highest BCUT2D eigenvalue weighted by Gasteiger charge is 2.18. The van der Waals surface area contributed by atoms with Crippen LogP contribution in [0, 0.1) is 0 Å². The molecule has 1 unspecified atom stereocenters. The summed E-state index contributed by atoms with van der Waals surface area (Å²) in [6.07, 6.45) is 1.11. The Morgan fingerprint density at radius 2 is 2.10 bits per heavy atom. The predicted octanol–water partition coefficient (Wildman–Crippen LogP) is 4.20. The van der Waals surface area contributed by atoms with Gasteiger partial charge in [0, 0.05) is 18.1 Å². The number of para-hydroxylation sites is 1. The Morgan fingerprint density at radius 3 is 2.75 bits per heavy atom. The predicted molar refractivity (Wildman–Crippen MR) is 83.0 cm³/mol. The fraction of sp³-hybridized carbons (Fsp3) is 0.529. The third-order valence-electron chi connectivity index (χ3n) is 3.90. The molecule has 1 atom stereocenters. The molecular formula is C17H25NO2. The number of furan rings is 1. The van der Waals surface area contributed by atoms with Gasteiger partial charge in [0.05, 0.1) is 13.2 Å². The van der Waals surface area contributed by atoms with Crippen molar-refractivity contribution < 1.29 is 9.15 Å². The molecule has 0 radical (unpaired) electrons. The minimum Gasteiger partial charge on any atom is -0.459 e. The van der Waals surface area contributed by atoms with Gasteiger partial charge < -0.3 is 14.5 Å². The second-order valence-electron chi connectivity index (χ2n) is 5.25. The largest absolute Gasteiger partial charge is 0.459 e. The number of benzene rings is 1. The van der Waals surface area contributed by atoms with E-state index in [2.05, 4.69) is 44.3 Å². The van der Waals surface area contributed by atoms with Gasteiger partial charge >= 0.3 is 0 Å². The van der Waals surface area contributed by atoms with Crippen LogP contribution in [0.25, 0.3) is 11.0 Å². The van der Waals surface area contributed by atoms with Gasteiger partial charge in [-0.1, -0.05) is 39.0 Å². The lowest BCUT2D eigenvalue weighted by molar-refractivity contribution is 0.183. The minimum absolute atomic E-state index is 0.507. The molecule has 0 saturated carbocycles. The van der Waals surface area contributed by atoms with Crippen molar-refractivity contribution in [1.82, 2.24) is 5.32 Å². The van der Waals surface area contributed by atoms with Crippen molar-refractivity contribution in [2.24, 2.45) is 0 Å². The van der Waals surface area contributed by atoms with Gasteiger partial charge in [-0.2, -0.15) is 0 Å². The normalized spacial score (nSPS) is 13.0. The molecule has 2 rings (SSSR count). The maximum absolute atomic E-state index is 6.17. The lowest BCUT2D eigenvalue weighted by atomic mass is 9.96. The molecule has 0 aliphatic rings. The van der Waals surface area contributed by atoms with E-state index >= 15 is 0 Å². The summed E-state index contributed by atoms with van der Waals surface area (Å²) in [6, 6.07) is 6.43. The first-order chi connectivity index (χ1) is 9.72. The molecule has 0 aliphatic heterocycles. The molecule has 3 heteroatoms. The second kappa shape index (κ2) is 6.91. The van der Waals surface area contributed by atoms with Crippen molar-refractivity contribution in [3.8, 4) is 0 Å². The third-order valence-corrected chi connectivity index (χ3v) is 3.90. The quantitative estimate of drug-likeness (QED) is 0.822. The third kappa shape index (κ3) is 2.89. The summed E-state index contributed by atoms with van der Waals surface area (Å²) in [6.45, 7) is 8.84. The molecule has 2 aromatic rings. The number of nitrogens with one attached hydrogen (secondary N) is 1. The van der Waals surface area contributed by atoms with E-state index in [9.17, 15) is 0 Å². The van der Waals surface area contributed by atoms with Gasteiger partial charge in [-0.15, -0.1) is 0 Å². The van der Waals surface area contributed by atoms with Gasteiger partial charge in [-0.25, -0.2) is 0 Å². The number of hydrogen-bond donors (Lipinski definition) is 1. The molecule has 1 heterocycles. The van der Waals surface area contributed by atoms with Crippen LogP contribution < -0.4 is 5.32 Å². The van der Waals surface area contributed by atoms with Crippen LogP contribution in [0.4, 0.5) is 0 Å². The minimum atomic E-state index is 0.507. The Morgan fingerprint density at radius 1 is 1.30 bits per heavy atom. The first-order valence-electron chi connectivity index (χ1n) is 7.45. The molecule has 0 fully saturated rings. The van der Waals surface area contributed by atoms with Gasteiger partial charge in [0.15, 0.2) is 0 Å². The highest BCUT2D eigenvalue weighted by atomic mass is 16.5. The molecule has 0 saturated heterocycles. The van der Waals surface area contributed by atoms with Crippen molar-refractivity contribution in [1.29, 1.82) is 0 Å². The standard InChI is InChI=1S/C17H25NO2/c1-5-12(3)13-8-7-9-14-15(11-19-4)16(10-18-6-2)20-17(13)14/h7-9,12,18H,5-6,10-11H2,1-4H3. The lowest BCUT2D eigenvalue weighted by Crippen LogP contribution is -2.12. The van der Waals surface area contributed by atoms with Gasteiger partial charge in [0.1, 0.15) is 11.3 Å². The van der Waals surface area contributed by atoms with E-state index in [-0.39, 0.29) is 0 Å². The smallest absolute Gasteiger partial charge is 0.138 e. The van der Waals surface area contributed by atoms with E-state index in [1.807, 2.05) is 0 Å². The summed E-state index contributed by atoms with van der Waals surface area (Å²) in [4.78, 5) is 0. The zero-order chi connectivity index (χ0) is 14.5. The fourth-order valence-corrected chi connectivity index (χ4v) is 2.53. The Labute approximate surface area is 121 Å². The highest BCUT2D eigenvalue weighted by molar-refractivity contribution is 5.85. The number of hydrogen-bond acceptors (Lipinski definition) is 3. The summed E-state index contributed by atoms with van der Waals surface area (Å²) < 4.78 is 11.5. The number of methoxy groups -OCH3 is 1. The van der Waals surface area contributed by atoms with Crippen LogP contribution in [0.15, 0.2) is 22.6 Å². The van der Waals surface area contributed by atoms with Crippen LogP contribution in [-0.2, 0) is 17.9 Å². The number of ether oxygens (including phenoxy) is 1. The van der Waals surface area contributed by atoms with Crippen LogP contribution >= 0.6 is 0 Å². The average Bonchev–Trinajstić information content (AvgIpc) is 2.82. The number of rotatable bonds is 7. The topological polar surface area (TPSA) is 34.4 Å². The van der Waals surface area contributed by atoms with Crippen molar-refractivity contribution in [2.75, 3.05) is 13.7 Å². The fourth-order valence-electron chi connectivity index (χ4n) is 2.53. The average molecular weight is 275 g/mol. The molecular weight excluding hydrogens is 250 g/mol. The first kappa shape index (κ1) is 15.1. The molecule has 3 nitrogen and oxygen atoms in total. The van der Waals surface area contributed by atoms with Crippen molar-refractivity contribution in [3.05, 3.63) is 35.1 Å². The van der Waals surface area contributed by atoms with E-state index in [4.69, 9.17) is 9.15 Å². The summed E-state index contributed by atoms with van der Waals surface area (Å²) in [7, 11) is 1.73. The summed E-state index contributed by atoms with van der Waals surface area (Å²) >= 11 is 0. The molecule has 0 spiro atoms. The first-order valence-corrected chi connectivity index (χ1v) is 7.45. The van der Waals surface area contributed by atoms with Crippen LogP contribution in [-0.4, -0.2) is 13.7 Å². The van der Waals surface area contributed by atoms with E-state index in [0.717, 1.165) is 30.9 Å². The van der Waals surface area contributed by atoms with Gasteiger partial charge in [-0.05, 0) is 24.4 Å². The molecule has 110 valence electrons. The van der Waals surface area contributed by atoms with E-state index < -0.39 is 0 Å². The Bertz CT molecular complexity index is 559. The van der Waals surface area contributed by atoms with Gasteiger partial charge in [-0.3, -0.25) is 0 Å². The molecule has 20 heavy (non-hydrogen) atoms. The Balaban J connectivity index is 2.53.